The van der Waals surface area contributed by atoms with Gasteiger partial charge in [-0.2, -0.15) is 0 Å². The van der Waals surface area contributed by atoms with Crippen molar-refractivity contribution >= 4 is 6.03 Å². The Labute approximate surface area is 108 Å². The van der Waals surface area contributed by atoms with Crippen molar-refractivity contribution in [2.24, 2.45) is 5.73 Å². The van der Waals surface area contributed by atoms with Crippen molar-refractivity contribution in [1.29, 1.82) is 0 Å². The molecule has 2 amide bonds. The van der Waals surface area contributed by atoms with Gasteiger partial charge in [0.15, 0.2) is 0 Å². The first-order valence-corrected chi connectivity index (χ1v) is 6.37. The van der Waals surface area contributed by atoms with Crippen molar-refractivity contribution in [3.63, 3.8) is 0 Å². The molecule has 98 valence electrons. The third kappa shape index (κ3) is 2.20. The third-order valence-electron chi connectivity index (χ3n) is 3.52. The van der Waals surface area contributed by atoms with Gasteiger partial charge in [0, 0.05) is 19.6 Å². The summed E-state index contributed by atoms with van der Waals surface area (Å²) >= 11 is 0. The summed E-state index contributed by atoms with van der Waals surface area (Å²) < 4.78 is 0. The van der Waals surface area contributed by atoms with E-state index in [2.05, 4.69) is 38.2 Å². The zero-order chi connectivity index (χ0) is 13.3. The summed E-state index contributed by atoms with van der Waals surface area (Å²) in [6.45, 7) is 8.08. The van der Waals surface area contributed by atoms with Crippen LogP contribution >= 0.6 is 0 Å². The van der Waals surface area contributed by atoms with Gasteiger partial charge in [0.25, 0.3) is 0 Å². The lowest BCUT2D eigenvalue weighted by molar-refractivity contribution is 0.205. The molecular formula is C14H21N3O. The smallest absolute Gasteiger partial charge is 0.318 e. The maximum absolute atomic E-state index is 11.8. The van der Waals surface area contributed by atoms with Crippen molar-refractivity contribution in [2.75, 3.05) is 19.6 Å². The fourth-order valence-electron chi connectivity index (χ4n) is 2.91. The highest BCUT2D eigenvalue weighted by molar-refractivity contribution is 5.77. The van der Waals surface area contributed by atoms with Crippen LogP contribution in [0.25, 0.3) is 0 Å². The second-order valence-electron chi connectivity index (χ2n) is 5.00. The lowest BCUT2D eigenvalue weighted by Gasteiger charge is -2.26. The normalized spacial score (nSPS) is 19.2. The van der Waals surface area contributed by atoms with E-state index in [0.29, 0.717) is 19.6 Å². The van der Waals surface area contributed by atoms with Crippen LogP contribution in [0.1, 0.15) is 28.3 Å². The van der Waals surface area contributed by atoms with Gasteiger partial charge in [-0.1, -0.05) is 17.7 Å². The minimum absolute atomic E-state index is 0.00942. The quantitative estimate of drug-likeness (QED) is 0.853. The lowest BCUT2D eigenvalue weighted by Crippen LogP contribution is -2.34. The molecule has 0 aliphatic carbocycles. The Morgan fingerprint density at radius 1 is 1.33 bits per heavy atom. The van der Waals surface area contributed by atoms with E-state index in [0.717, 1.165) is 0 Å². The summed E-state index contributed by atoms with van der Waals surface area (Å²) in [5.41, 5.74) is 10.6. The van der Waals surface area contributed by atoms with Crippen LogP contribution in [0.4, 0.5) is 4.79 Å². The van der Waals surface area contributed by atoms with Crippen LogP contribution in [0.3, 0.4) is 0 Å². The van der Waals surface area contributed by atoms with Crippen LogP contribution in [-0.4, -0.2) is 30.6 Å². The monoisotopic (exact) mass is 247 g/mol. The van der Waals surface area contributed by atoms with Crippen LogP contribution in [0.5, 0.6) is 0 Å². The average molecular weight is 247 g/mol. The topological polar surface area (TPSA) is 58.4 Å². The molecule has 0 spiro atoms. The maximum atomic E-state index is 11.8. The zero-order valence-electron chi connectivity index (χ0n) is 11.3. The SMILES string of the molecule is Cc1cc(C)c(C2CNC(=O)N2CCN)c(C)c1. The van der Waals surface area contributed by atoms with Crippen molar-refractivity contribution in [3.8, 4) is 0 Å². The molecule has 1 aromatic carbocycles. The molecule has 1 unspecified atom stereocenters. The number of urea groups is 1. The number of rotatable bonds is 3. The first-order chi connectivity index (χ1) is 8.54. The second-order valence-corrected chi connectivity index (χ2v) is 5.00. The molecule has 1 aliphatic rings. The van der Waals surface area contributed by atoms with E-state index in [4.69, 9.17) is 5.73 Å². The number of carbonyl (C=O) groups excluding carboxylic acids is 1. The maximum Gasteiger partial charge on any atom is 0.318 e. The average Bonchev–Trinajstić information content (AvgIpc) is 2.61. The fraction of sp³-hybridized carbons (Fsp3) is 0.500. The Balaban J connectivity index is 2.39. The molecule has 0 radical (unpaired) electrons. The molecule has 0 bridgehead atoms. The minimum Gasteiger partial charge on any atom is -0.336 e. The van der Waals surface area contributed by atoms with Crippen LogP contribution < -0.4 is 11.1 Å². The molecule has 0 saturated carbocycles. The number of aryl methyl sites for hydroxylation is 3. The van der Waals surface area contributed by atoms with E-state index in [1.165, 1.54) is 22.3 Å². The van der Waals surface area contributed by atoms with Crippen molar-refractivity contribution in [2.45, 2.75) is 26.8 Å². The van der Waals surface area contributed by atoms with E-state index in [1.807, 2.05) is 4.90 Å². The summed E-state index contributed by atoms with van der Waals surface area (Å²) in [4.78, 5) is 13.6. The molecule has 1 fully saturated rings. The van der Waals surface area contributed by atoms with Gasteiger partial charge < -0.3 is 16.0 Å². The van der Waals surface area contributed by atoms with Crippen molar-refractivity contribution in [1.82, 2.24) is 10.2 Å². The molecule has 1 atom stereocenters. The summed E-state index contributed by atoms with van der Waals surface area (Å²) in [5, 5.41) is 2.90. The first-order valence-electron chi connectivity index (χ1n) is 6.37. The van der Waals surface area contributed by atoms with Crippen molar-refractivity contribution < 1.29 is 4.79 Å². The molecule has 1 aromatic rings. The predicted octanol–water partition coefficient (Wildman–Crippen LogP) is 1.64. The molecule has 4 heteroatoms. The van der Waals surface area contributed by atoms with E-state index in [1.54, 1.807) is 0 Å². The standard InChI is InChI=1S/C14H21N3O/c1-9-6-10(2)13(11(3)7-9)12-8-16-14(18)17(12)5-4-15/h6-7,12H,4-5,8,15H2,1-3H3,(H,16,18). The Morgan fingerprint density at radius 2 is 1.94 bits per heavy atom. The highest BCUT2D eigenvalue weighted by Crippen LogP contribution is 2.30. The molecule has 1 heterocycles. The van der Waals surface area contributed by atoms with E-state index in [9.17, 15) is 4.79 Å². The number of amides is 2. The molecule has 18 heavy (non-hydrogen) atoms. The summed E-state index contributed by atoms with van der Waals surface area (Å²) in [6, 6.07) is 4.45. The number of hydrogen-bond donors (Lipinski definition) is 2. The zero-order valence-corrected chi connectivity index (χ0v) is 11.3. The van der Waals surface area contributed by atoms with Gasteiger partial charge in [0.1, 0.15) is 0 Å². The van der Waals surface area contributed by atoms with Crippen LogP contribution in [0.15, 0.2) is 12.1 Å². The molecule has 3 N–H and O–H groups in total. The fourth-order valence-corrected chi connectivity index (χ4v) is 2.91. The molecule has 2 rings (SSSR count). The Hall–Kier alpha value is -1.55. The molecule has 1 aliphatic heterocycles. The summed E-state index contributed by atoms with van der Waals surface area (Å²) in [6.07, 6.45) is 0. The van der Waals surface area contributed by atoms with E-state index >= 15 is 0 Å². The molecule has 1 saturated heterocycles. The molecule has 4 nitrogen and oxygen atoms in total. The van der Waals surface area contributed by atoms with Crippen molar-refractivity contribution in [3.05, 3.63) is 34.4 Å². The number of benzene rings is 1. The van der Waals surface area contributed by atoms with Gasteiger partial charge in [-0.05, 0) is 37.5 Å². The van der Waals surface area contributed by atoms with Gasteiger partial charge in [-0.15, -0.1) is 0 Å². The van der Waals surface area contributed by atoms with Gasteiger partial charge in [0.05, 0.1) is 6.04 Å². The predicted molar refractivity (Wildman–Crippen MR) is 72.6 cm³/mol. The lowest BCUT2D eigenvalue weighted by atomic mass is 9.94. The van der Waals surface area contributed by atoms with Gasteiger partial charge in [-0.3, -0.25) is 0 Å². The third-order valence-corrected chi connectivity index (χ3v) is 3.52. The van der Waals surface area contributed by atoms with Gasteiger partial charge >= 0.3 is 6.03 Å². The number of carbonyl (C=O) groups is 1. The number of nitrogens with one attached hydrogen (secondary N) is 1. The van der Waals surface area contributed by atoms with Crippen LogP contribution in [0.2, 0.25) is 0 Å². The number of nitrogens with zero attached hydrogens (tertiary/aromatic N) is 1. The number of nitrogens with two attached hydrogens (primary N) is 1. The second kappa shape index (κ2) is 4.98. The largest absolute Gasteiger partial charge is 0.336 e. The minimum atomic E-state index is -0.00942. The molecular weight excluding hydrogens is 226 g/mol. The number of hydrogen-bond acceptors (Lipinski definition) is 2. The first kappa shape index (κ1) is 12.9. The van der Waals surface area contributed by atoms with E-state index < -0.39 is 0 Å². The van der Waals surface area contributed by atoms with Gasteiger partial charge in [0.2, 0.25) is 0 Å². The highest BCUT2D eigenvalue weighted by Gasteiger charge is 2.32. The van der Waals surface area contributed by atoms with Gasteiger partial charge in [-0.25, -0.2) is 4.79 Å². The Kier molecular flexibility index (Phi) is 3.57. The van der Waals surface area contributed by atoms with Crippen LogP contribution in [0, 0.1) is 20.8 Å². The van der Waals surface area contributed by atoms with Crippen LogP contribution in [-0.2, 0) is 0 Å². The summed E-state index contributed by atoms with van der Waals surface area (Å²) in [7, 11) is 0. The Morgan fingerprint density at radius 3 is 2.50 bits per heavy atom. The summed E-state index contributed by atoms with van der Waals surface area (Å²) in [5.74, 6) is 0. The van der Waals surface area contributed by atoms with E-state index in [-0.39, 0.29) is 12.1 Å². The molecule has 0 aromatic heterocycles. The Bertz CT molecular complexity index is 447. The highest BCUT2D eigenvalue weighted by atomic mass is 16.2.